The Hall–Kier alpha value is -1.31. The van der Waals surface area contributed by atoms with Gasteiger partial charge in [0.25, 0.3) is 0 Å². The van der Waals surface area contributed by atoms with Crippen LogP contribution in [0.15, 0.2) is 34.9 Å². The normalized spacial score (nSPS) is 12.3. The number of rotatable bonds is 7. The van der Waals surface area contributed by atoms with Crippen LogP contribution in [0.5, 0.6) is 0 Å². The van der Waals surface area contributed by atoms with Crippen molar-refractivity contribution in [3.05, 3.63) is 34.9 Å². The summed E-state index contributed by atoms with van der Waals surface area (Å²) in [7, 11) is 3.80. The number of amidine groups is 1. The summed E-state index contributed by atoms with van der Waals surface area (Å²) < 4.78 is 0. The molecule has 0 heterocycles. The van der Waals surface area contributed by atoms with Crippen molar-refractivity contribution in [3.8, 4) is 0 Å². The molecule has 0 radical (unpaired) electrons. The summed E-state index contributed by atoms with van der Waals surface area (Å²) in [6.07, 6.45) is 11.0. The quantitative estimate of drug-likeness (QED) is 0.392. The monoisotopic (exact) mass is 262 g/mol. The average molecular weight is 262 g/mol. The molecule has 1 N–H and O–H groups in total. The first-order valence-electron chi connectivity index (χ1n) is 7.05. The van der Waals surface area contributed by atoms with Crippen LogP contribution in [-0.4, -0.2) is 24.8 Å². The van der Waals surface area contributed by atoms with E-state index in [0.717, 1.165) is 25.7 Å². The Kier molecular flexibility index (Phi) is 8.94. The third kappa shape index (κ3) is 10.3. The number of nitrogens with one attached hydrogen (secondary N) is 1. The van der Waals surface area contributed by atoms with Crippen molar-refractivity contribution >= 4 is 5.84 Å². The molecule has 0 aromatic carbocycles. The van der Waals surface area contributed by atoms with Crippen molar-refractivity contribution in [2.24, 2.45) is 0 Å². The molecule has 0 saturated heterocycles. The molecule has 0 aromatic heterocycles. The summed E-state index contributed by atoms with van der Waals surface area (Å²) in [4.78, 5) is 1.82. The van der Waals surface area contributed by atoms with Crippen LogP contribution in [0.25, 0.3) is 0 Å². The van der Waals surface area contributed by atoms with Gasteiger partial charge in [-0.25, -0.2) is 0 Å². The molecule has 2 nitrogen and oxygen atoms in total. The highest BCUT2D eigenvalue weighted by Gasteiger charge is 1.96. The third-order valence-corrected chi connectivity index (χ3v) is 2.99. The highest BCUT2D eigenvalue weighted by atomic mass is 15.1. The highest BCUT2D eigenvalue weighted by molar-refractivity contribution is 5.90. The minimum Gasteiger partial charge on any atom is -0.363 e. The van der Waals surface area contributed by atoms with E-state index in [9.17, 15) is 0 Å². The van der Waals surface area contributed by atoms with Crippen molar-refractivity contribution in [2.75, 3.05) is 14.1 Å². The number of likely N-dealkylation sites (N-methyl/N-ethyl adjacent to an activating group) is 1. The van der Waals surface area contributed by atoms with Gasteiger partial charge in [0.2, 0.25) is 0 Å². The molecule has 0 bridgehead atoms. The summed E-state index contributed by atoms with van der Waals surface area (Å²) in [5.74, 6) is 0.571. The van der Waals surface area contributed by atoms with Gasteiger partial charge < -0.3 is 4.90 Å². The summed E-state index contributed by atoms with van der Waals surface area (Å²) in [5.41, 5.74) is 4.13. The Morgan fingerprint density at radius 3 is 1.95 bits per heavy atom. The largest absolute Gasteiger partial charge is 0.363 e. The molecule has 0 spiro atoms. The van der Waals surface area contributed by atoms with Crippen molar-refractivity contribution in [1.82, 2.24) is 4.90 Å². The first-order valence-corrected chi connectivity index (χ1v) is 7.05. The molecule has 0 atom stereocenters. The molecule has 0 rings (SSSR count). The zero-order valence-corrected chi connectivity index (χ0v) is 13.5. The molecule has 19 heavy (non-hydrogen) atoms. The third-order valence-electron chi connectivity index (χ3n) is 2.99. The zero-order chi connectivity index (χ0) is 14.8. The minimum absolute atomic E-state index is 0.571. The molecule has 108 valence electrons. The van der Waals surface area contributed by atoms with Crippen LogP contribution < -0.4 is 0 Å². The number of nitrogens with zero attached hydrogens (tertiary/aromatic N) is 1. The lowest BCUT2D eigenvalue weighted by molar-refractivity contribution is 0.621. The Labute approximate surface area is 119 Å². The zero-order valence-electron chi connectivity index (χ0n) is 13.5. The van der Waals surface area contributed by atoms with E-state index in [0.29, 0.717) is 5.84 Å². The van der Waals surface area contributed by atoms with Crippen molar-refractivity contribution in [1.29, 1.82) is 5.41 Å². The number of allylic oxidation sites excluding steroid dienone is 5. The van der Waals surface area contributed by atoms with Crippen LogP contribution in [0.3, 0.4) is 0 Å². The lowest BCUT2D eigenvalue weighted by Crippen LogP contribution is -2.18. The predicted octanol–water partition coefficient (Wildman–Crippen LogP) is 4.94. The second kappa shape index (κ2) is 9.60. The lowest BCUT2D eigenvalue weighted by atomic mass is 10.1. The highest BCUT2D eigenvalue weighted by Crippen LogP contribution is 2.11. The molecule has 0 fully saturated rings. The Morgan fingerprint density at radius 1 is 0.895 bits per heavy atom. The van der Waals surface area contributed by atoms with E-state index in [1.54, 1.807) is 0 Å². The molecule has 0 aromatic rings. The van der Waals surface area contributed by atoms with Gasteiger partial charge in [0.05, 0.1) is 0 Å². The van der Waals surface area contributed by atoms with E-state index in [2.05, 4.69) is 39.8 Å². The van der Waals surface area contributed by atoms with Gasteiger partial charge in [-0.3, -0.25) is 5.41 Å². The summed E-state index contributed by atoms with van der Waals surface area (Å²) >= 11 is 0. The number of hydrogen-bond donors (Lipinski definition) is 1. The molecule has 0 amide bonds. The fourth-order valence-corrected chi connectivity index (χ4v) is 1.67. The topological polar surface area (TPSA) is 27.1 Å². The maximum absolute atomic E-state index is 7.75. The van der Waals surface area contributed by atoms with Gasteiger partial charge >= 0.3 is 0 Å². The molecule has 0 aliphatic heterocycles. The Balaban J connectivity index is 4.06. The molecule has 0 aliphatic rings. The van der Waals surface area contributed by atoms with Crippen molar-refractivity contribution < 1.29 is 0 Å². The van der Waals surface area contributed by atoms with Gasteiger partial charge in [-0.2, -0.15) is 0 Å². The van der Waals surface area contributed by atoms with Gasteiger partial charge in [-0.1, -0.05) is 28.9 Å². The van der Waals surface area contributed by atoms with Crippen LogP contribution in [0, 0.1) is 5.41 Å². The lowest BCUT2D eigenvalue weighted by Gasteiger charge is -2.10. The van der Waals surface area contributed by atoms with Gasteiger partial charge in [-0.15, -0.1) is 0 Å². The maximum atomic E-state index is 7.75. The Bertz CT molecular complexity index is 367. The fourth-order valence-electron chi connectivity index (χ4n) is 1.67. The van der Waals surface area contributed by atoms with E-state index in [1.807, 2.05) is 25.1 Å². The van der Waals surface area contributed by atoms with E-state index < -0.39 is 0 Å². The van der Waals surface area contributed by atoms with E-state index in [-0.39, 0.29) is 0 Å². The first kappa shape index (κ1) is 17.7. The van der Waals surface area contributed by atoms with Crippen molar-refractivity contribution in [2.45, 2.75) is 53.4 Å². The van der Waals surface area contributed by atoms with E-state index in [1.165, 1.54) is 16.7 Å². The van der Waals surface area contributed by atoms with Crippen LogP contribution in [0.2, 0.25) is 0 Å². The molecule has 2 heteroatoms. The predicted molar refractivity (Wildman–Crippen MR) is 86.8 cm³/mol. The molecule has 0 aliphatic carbocycles. The van der Waals surface area contributed by atoms with Gasteiger partial charge in [0, 0.05) is 14.1 Å². The molecule has 0 unspecified atom stereocenters. The number of hydrogen-bond acceptors (Lipinski definition) is 1. The molecular formula is C17H30N2. The summed E-state index contributed by atoms with van der Waals surface area (Å²) in [6, 6.07) is 0. The Morgan fingerprint density at radius 2 is 1.42 bits per heavy atom. The second-order valence-corrected chi connectivity index (χ2v) is 5.68. The average Bonchev–Trinajstić information content (AvgIpc) is 2.28. The standard InChI is InChI=1S/C17H30N2/c1-14(2)9-7-10-15(3)11-8-12-16(4)13-17(18)19(5)6/h9,11,13,18H,7-8,10,12H2,1-6H3/b15-11+,16-13+,18-17?. The summed E-state index contributed by atoms with van der Waals surface area (Å²) in [5, 5.41) is 7.75. The smallest absolute Gasteiger partial charge is 0.120 e. The van der Waals surface area contributed by atoms with Crippen LogP contribution in [-0.2, 0) is 0 Å². The van der Waals surface area contributed by atoms with Crippen LogP contribution in [0.1, 0.15) is 53.4 Å². The van der Waals surface area contributed by atoms with Gasteiger partial charge in [0.15, 0.2) is 0 Å². The van der Waals surface area contributed by atoms with Crippen LogP contribution in [0.4, 0.5) is 0 Å². The van der Waals surface area contributed by atoms with Crippen molar-refractivity contribution in [3.63, 3.8) is 0 Å². The fraction of sp³-hybridized carbons (Fsp3) is 0.588. The second-order valence-electron chi connectivity index (χ2n) is 5.68. The van der Waals surface area contributed by atoms with Gasteiger partial charge in [-0.05, 0) is 59.5 Å². The maximum Gasteiger partial charge on any atom is 0.120 e. The van der Waals surface area contributed by atoms with E-state index in [4.69, 9.17) is 5.41 Å². The van der Waals surface area contributed by atoms with E-state index >= 15 is 0 Å². The minimum atomic E-state index is 0.571. The first-order chi connectivity index (χ1) is 8.82. The molecular weight excluding hydrogens is 232 g/mol. The summed E-state index contributed by atoms with van der Waals surface area (Å²) in [6.45, 7) is 8.60. The van der Waals surface area contributed by atoms with Gasteiger partial charge in [0.1, 0.15) is 5.84 Å². The van der Waals surface area contributed by atoms with Crippen LogP contribution >= 0.6 is 0 Å². The molecule has 0 saturated carbocycles. The SMILES string of the molecule is CC(C)=CCC/C(C)=C/CC/C(C)=C/C(=N)N(C)C.